The van der Waals surface area contributed by atoms with Gasteiger partial charge in [0.05, 0.1) is 0 Å². The molecule has 0 fully saturated rings. The average Bonchev–Trinajstić information content (AvgIpc) is 2.26. The van der Waals surface area contributed by atoms with Crippen LogP contribution in [0.3, 0.4) is 0 Å². The maximum atomic E-state index is 3.17. The summed E-state index contributed by atoms with van der Waals surface area (Å²) in [5.41, 5.74) is 0. The van der Waals surface area contributed by atoms with Crippen molar-refractivity contribution in [3.63, 3.8) is 0 Å². The summed E-state index contributed by atoms with van der Waals surface area (Å²) in [6, 6.07) is 0. The van der Waals surface area contributed by atoms with Crippen LogP contribution in [0.4, 0.5) is 0 Å². The lowest BCUT2D eigenvalue weighted by atomic mass is 28.5. The van der Waals surface area contributed by atoms with Gasteiger partial charge in [0.25, 0.3) is 0 Å². The van der Waals surface area contributed by atoms with Gasteiger partial charge in [0.15, 0.2) is 0 Å². The third kappa shape index (κ3) is 11.5. The Balaban J connectivity index is 5.83. The van der Waals surface area contributed by atoms with E-state index in [4.69, 9.17) is 0 Å². The summed E-state index contributed by atoms with van der Waals surface area (Å²) in [4.78, 5) is 0. The highest BCUT2D eigenvalue weighted by atomic mass is 33.4. The Labute approximate surface area is 167 Å². The molecule has 0 aliphatic carbocycles. The highest BCUT2D eigenvalue weighted by molar-refractivity contribution is 9.37. The first-order chi connectivity index (χ1) is 9.56. The fourth-order valence-electron chi connectivity index (χ4n) is 1.02. The molecule has 0 bridgehead atoms. The lowest BCUT2D eigenvalue weighted by Gasteiger charge is -2.51. The summed E-state index contributed by atoms with van der Waals surface area (Å²) in [7, 11) is 36.3. The SMILES string of the molecule is P[P-]P(P(P)P)P(P(P(P)P)P(P)P)P(P(P)P)P(P)P. The third-order valence-electron chi connectivity index (χ3n) is 1.62. The lowest BCUT2D eigenvalue weighted by Crippen LogP contribution is -1.57. The van der Waals surface area contributed by atoms with E-state index in [1.54, 1.807) is 7.96 Å². The Kier molecular flexibility index (Phi) is 23.8. The molecular formula is H22P21-. The number of hydrogen-bond donors (Lipinski definition) is 0. The summed E-state index contributed by atoms with van der Waals surface area (Å²) in [5.74, 6) is 0. The summed E-state index contributed by atoms with van der Waals surface area (Å²) >= 11 is 0. The minimum Gasteiger partial charge on any atom is -0.471 e. The molecule has 0 saturated carbocycles. The van der Waals surface area contributed by atoms with Crippen molar-refractivity contribution < 1.29 is 0 Å². The van der Waals surface area contributed by atoms with E-state index in [2.05, 4.69) is 98.2 Å². The van der Waals surface area contributed by atoms with Crippen molar-refractivity contribution in [2.24, 2.45) is 0 Å². The van der Waals surface area contributed by atoms with Crippen molar-refractivity contribution in [2.45, 2.75) is 0 Å². The second-order valence-corrected chi connectivity index (χ2v) is 83.4. The second-order valence-electron chi connectivity index (χ2n) is 3.09. The largest absolute Gasteiger partial charge is 0.471 e. The Hall–Kier alpha value is 9.03. The van der Waals surface area contributed by atoms with Crippen LogP contribution in [-0.4, -0.2) is 0 Å². The Morgan fingerprint density at radius 1 is 0.429 bits per heavy atom. The molecule has 0 radical (unpaired) electrons. The van der Waals surface area contributed by atoms with Gasteiger partial charge in [0.2, 0.25) is 0 Å². The molecule has 0 amide bonds. The molecule has 12 atom stereocenters. The third-order valence-corrected chi connectivity index (χ3v) is 131. The van der Waals surface area contributed by atoms with Crippen LogP contribution in [0, 0.1) is 0 Å². The van der Waals surface area contributed by atoms with Crippen molar-refractivity contribution >= 4 is 169 Å². The Bertz CT molecular complexity index is 223. The molecule has 0 rings (SSSR count). The van der Waals surface area contributed by atoms with E-state index in [0.717, 1.165) is 0 Å². The first-order valence-corrected chi connectivity index (χ1v) is 41.8. The van der Waals surface area contributed by atoms with Gasteiger partial charge in [-0.1, -0.05) is 6.99 Å². The van der Waals surface area contributed by atoms with E-state index in [0.29, 0.717) is 0 Å². The zero-order valence-corrected chi connectivity index (χ0v) is 32.5. The van der Waals surface area contributed by atoms with Crippen molar-refractivity contribution in [3.8, 4) is 0 Å². The fraction of sp³-hybridized carbons (Fsp3) is 0. The van der Waals surface area contributed by atoms with Crippen LogP contribution < -0.4 is 0 Å². The predicted molar refractivity (Wildman–Crippen MR) is 176 cm³/mol. The minimum absolute atomic E-state index is 0.0207. The molecule has 0 aromatic heterocycles. The maximum absolute atomic E-state index is 3.17. The zero-order valence-electron chi connectivity index (χ0n) is 10.8. The molecule has 0 spiro atoms. The quantitative estimate of drug-likeness (QED) is 0.214. The van der Waals surface area contributed by atoms with Crippen molar-refractivity contribution in [1.29, 1.82) is 0 Å². The van der Waals surface area contributed by atoms with Crippen LogP contribution in [0.25, 0.3) is 0 Å². The number of hydrogen-bond acceptors (Lipinski definition) is 0. The number of rotatable bonds is 9. The molecule has 21 heavy (non-hydrogen) atoms. The molecule has 0 saturated heterocycles. The van der Waals surface area contributed by atoms with Gasteiger partial charge in [-0.25, -0.2) is 0 Å². The summed E-state index contributed by atoms with van der Waals surface area (Å²) < 4.78 is 0. The van der Waals surface area contributed by atoms with Crippen molar-refractivity contribution in [2.75, 3.05) is 0 Å². The van der Waals surface area contributed by atoms with E-state index in [9.17, 15) is 0 Å². The van der Waals surface area contributed by atoms with Gasteiger partial charge in [0, 0.05) is 0 Å². The molecule has 21 heteroatoms. The van der Waals surface area contributed by atoms with Gasteiger partial charge in [-0.05, 0) is 48.9 Å². The first kappa shape index (κ1) is 30.0. The van der Waals surface area contributed by atoms with Gasteiger partial charge in [0.1, 0.15) is 0 Å². The molecule has 0 heterocycles. The maximum Gasteiger partial charge on any atom is -0.00773 e. The van der Waals surface area contributed by atoms with Crippen LogP contribution >= 0.6 is 169 Å². The molecule has 0 aliphatic heterocycles. The molecule has 0 aliphatic rings. The van der Waals surface area contributed by atoms with Crippen LogP contribution in [0.2, 0.25) is 0 Å². The molecule has 0 aromatic carbocycles. The monoisotopic (exact) mass is 673 g/mol. The summed E-state index contributed by atoms with van der Waals surface area (Å²) in [6.45, 7) is 0.631. The standard InChI is InChI=1S/H22P21/c1-12-18(13(2)3)21(19(14(4)5)15(6)7)20(16(8)9)17(10)11/h1-11H2/q-1. The van der Waals surface area contributed by atoms with Crippen LogP contribution in [0.1, 0.15) is 0 Å². The fourth-order valence-corrected chi connectivity index (χ4v) is 248. The molecule has 0 N–H and O–H groups in total. The molecule has 0 nitrogen and oxygen atoms in total. The highest BCUT2D eigenvalue weighted by Crippen LogP contribution is 3.31. The molecule has 12 unspecified atom stereocenters. The topological polar surface area (TPSA) is 0 Å². The smallest absolute Gasteiger partial charge is 0.00773 e. The van der Waals surface area contributed by atoms with Crippen LogP contribution in [0.5, 0.6) is 0 Å². The first-order valence-electron chi connectivity index (χ1n) is 4.64. The van der Waals surface area contributed by atoms with E-state index in [1.807, 2.05) is 0 Å². The van der Waals surface area contributed by atoms with Crippen LogP contribution in [-0.2, 0) is 0 Å². The molecular weight excluding hydrogens is 650 g/mol. The predicted octanol–water partition coefficient (Wildman–Crippen LogP) is 12.2. The molecule has 128 valence electrons. The minimum atomic E-state index is 0.0207. The van der Waals surface area contributed by atoms with E-state index >= 15 is 0 Å². The highest BCUT2D eigenvalue weighted by Gasteiger charge is 2.39. The van der Waals surface area contributed by atoms with E-state index < -0.39 is 0 Å². The Morgan fingerprint density at radius 3 is 0.857 bits per heavy atom. The summed E-state index contributed by atoms with van der Waals surface area (Å²) in [5, 5.41) is 0. The average molecular weight is 673 g/mol. The van der Waals surface area contributed by atoms with E-state index in [-0.39, 0.29) is 62.9 Å². The Morgan fingerprint density at radius 2 is 0.714 bits per heavy atom. The van der Waals surface area contributed by atoms with Gasteiger partial charge in [-0.3, -0.25) is 8.93 Å². The van der Waals surface area contributed by atoms with Gasteiger partial charge in [-0.2, -0.15) is 6.99 Å². The molecule has 0 aromatic rings. The zero-order chi connectivity index (χ0) is 16.9. The van der Waals surface area contributed by atoms with Gasteiger partial charge in [-0.15, -0.1) is 89.3 Å². The van der Waals surface area contributed by atoms with Gasteiger partial charge < -0.3 is 7.96 Å². The van der Waals surface area contributed by atoms with Gasteiger partial charge >= 0.3 is 0 Å². The summed E-state index contributed by atoms with van der Waals surface area (Å²) in [6.07, 6.45) is 0. The normalized spacial score (nSPS) is 15.6. The lowest BCUT2D eigenvalue weighted by molar-refractivity contribution is 4.49. The van der Waals surface area contributed by atoms with Crippen LogP contribution in [0.15, 0.2) is 0 Å². The second kappa shape index (κ2) is 16.6. The van der Waals surface area contributed by atoms with Crippen molar-refractivity contribution in [1.82, 2.24) is 0 Å². The van der Waals surface area contributed by atoms with E-state index in [1.165, 1.54) is 0 Å². The van der Waals surface area contributed by atoms with Crippen molar-refractivity contribution in [3.05, 3.63) is 0 Å².